The summed E-state index contributed by atoms with van der Waals surface area (Å²) < 4.78 is 5.38. The van der Waals surface area contributed by atoms with Crippen molar-refractivity contribution in [3.8, 4) is 0 Å². The van der Waals surface area contributed by atoms with Crippen molar-refractivity contribution in [1.29, 1.82) is 0 Å². The van der Waals surface area contributed by atoms with Gasteiger partial charge in [-0.1, -0.05) is 36.9 Å². The van der Waals surface area contributed by atoms with Crippen LogP contribution in [0.2, 0.25) is 0 Å². The molecule has 0 saturated heterocycles. The number of esters is 1. The first-order valence-corrected chi connectivity index (χ1v) is 5.79. The summed E-state index contributed by atoms with van der Waals surface area (Å²) in [6.07, 6.45) is 1.76. The Morgan fingerprint density at radius 3 is 2.47 bits per heavy atom. The average molecular weight is 232 g/mol. The minimum atomic E-state index is -0.450. The van der Waals surface area contributed by atoms with E-state index in [2.05, 4.69) is 6.58 Å². The third-order valence-corrected chi connectivity index (χ3v) is 2.44. The highest BCUT2D eigenvalue weighted by Gasteiger charge is 2.23. The van der Waals surface area contributed by atoms with Crippen LogP contribution in [0.3, 0.4) is 0 Å². The second-order valence-electron chi connectivity index (χ2n) is 5.09. The Morgan fingerprint density at radius 2 is 1.94 bits per heavy atom. The molecule has 1 aromatic carbocycles. The minimum Gasteiger partial charge on any atom is -0.460 e. The molecule has 0 aliphatic rings. The number of benzene rings is 1. The molecule has 1 unspecified atom stereocenters. The number of hydrogen-bond donors (Lipinski definition) is 0. The van der Waals surface area contributed by atoms with Gasteiger partial charge < -0.3 is 4.74 Å². The quantitative estimate of drug-likeness (QED) is 0.741. The van der Waals surface area contributed by atoms with E-state index >= 15 is 0 Å². The Hall–Kier alpha value is -1.57. The van der Waals surface area contributed by atoms with Crippen molar-refractivity contribution in [2.24, 2.45) is 0 Å². The minimum absolute atomic E-state index is 0.202. The molecule has 0 aliphatic carbocycles. The zero-order valence-corrected chi connectivity index (χ0v) is 11.0. The van der Waals surface area contributed by atoms with E-state index in [9.17, 15) is 4.79 Å². The van der Waals surface area contributed by atoms with Gasteiger partial charge in [0.2, 0.25) is 0 Å². The Bertz CT molecular complexity index is 413. The Morgan fingerprint density at radius 1 is 1.35 bits per heavy atom. The van der Waals surface area contributed by atoms with Gasteiger partial charge in [0.1, 0.15) is 5.60 Å². The molecule has 1 aromatic rings. The molecule has 0 saturated carbocycles. The lowest BCUT2D eigenvalue weighted by molar-refractivity contribution is -0.156. The molecule has 0 spiro atoms. The third-order valence-electron chi connectivity index (χ3n) is 2.44. The van der Waals surface area contributed by atoms with Crippen molar-refractivity contribution in [2.75, 3.05) is 0 Å². The van der Waals surface area contributed by atoms with E-state index in [-0.39, 0.29) is 11.9 Å². The fourth-order valence-corrected chi connectivity index (χ4v) is 1.61. The molecule has 1 rings (SSSR count). The number of carbonyl (C=O) groups excluding carboxylic acids is 1. The summed E-state index contributed by atoms with van der Waals surface area (Å²) in [6.45, 7) is 11.2. The van der Waals surface area contributed by atoms with Crippen molar-refractivity contribution in [2.45, 2.75) is 39.2 Å². The van der Waals surface area contributed by atoms with Crippen molar-refractivity contribution < 1.29 is 9.53 Å². The van der Waals surface area contributed by atoms with Crippen molar-refractivity contribution in [3.05, 3.63) is 42.0 Å². The van der Waals surface area contributed by atoms with Gasteiger partial charge in [-0.2, -0.15) is 0 Å². The Balaban J connectivity index is 2.92. The van der Waals surface area contributed by atoms with E-state index in [4.69, 9.17) is 4.74 Å². The van der Waals surface area contributed by atoms with Crippen LogP contribution in [0.25, 0.3) is 6.08 Å². The molecule has 0 aromatic heterocycles. The van der Waals surface area contributed by atoms with Gasteiger partial charge in [-0.05, 0) is 38.8 Å². The summed E-state index contributed by atoms with van der Waals surface area (Å²) >= 11 is 0. The second-order valence-corrected chi connectivity index (χ2v) is 5.09. The third kappa shape index (κ3) is 3.74. The van der Waals surface area contributed by atoms with Gasteiger partial charge in [-0.15, -0.1) is 0 Å². The molecule has 2 nitrogen and oxygen atoms in total. The molecule has 0 radical (unpaired) electrons. The van der Waals surface area contributed by atoms with E-state index in [1.54, 1.807) is 6.08 Å². The predicted molar refractivity (Wildman–Crippen MR) is 70.8 cm³/mol. The lowest BCUT2D eigenvalue weighted by Gasteiger charge is -2.23. The topological polar surface area (TPSA) is 26.3 Å². The summed E-state index contributed by atoms with van der Waals surface area (Å²) in [4.78, 5) is 12.0. The van der Waals surface area contributed by atoms with Crippen molar-refractivity contribution >= 4 is 12.0 Å². The lowest BCUT2D eigenvalue weighted by Crippen LogP contribution is -2.27. The van der Waals surface area contributed by atoms with Crippen LogP contribution < -0.4 is 0 Å². The first-order valence-electron chi connectivity index (χ1n) is 5.79. The number of hydrogen-bond acceptors (Lipinski definition) is 2. The van der Waals surface area contributed by atoms with Gasteiger partial charge in [-0.25, -0.2) is 0 Å². The van der Waals surface area contributed by atoms with E-state index in [1.807, 2.05) is 52.0 Å². The Kier molecular flexibility index (Phi) is 4.11. The molecule has 17 heavy (non-hydrogen) atoms. The monoisotopic (exact) mass is 232 g/mol. The van der Waals surface area contributed by atoms with Gasteiger partial charge in [0.05, 0.1) is 5.92 Å². The van der Waals surface area contributed by atoms with Gasteiger partial charge in [0, 0.05) is 0 Å². The van der Waals surface area contributed by atoms with Gasteiger partial charge in [-0.3, -0.25) is 4.79 Å². The fraction of sp³-hybridized carbons (Fsp3) is 0.400. The first kappa shape index (κ1) is 13.5. The molecule has 2 heteroatoms. The number of carbonyl (C=O) groups is 1. The highest BCUT2D eigenvalue weighted by atomic mass is 16.6. The molecule has 0 amide bonds. The lowest BCUT2D eigenvalue weighted by atomic mass is 9.95. The van der Waals surface area contributed by atoms with Gasteiger partial charge >= 0.3 is 5.97 Å². The molecule has 0 aliphatic heterocycles. The normalized spacial score (nSPS) is 12.9. The van der Waals surface area contributed by atoms with Gasteiger partial charge in [0.15, 0.2) is 0 Å². The number of ether oxygens (including phenoxy) is 1. The van der Waals surface area contributed by atoms with E-state index in [0.717, 1.165) is 11.1 Å². The van der Waals surface area contributed by atoms with E-state index in [1.165, 1.54) is 0 Å². The fourth-order valence-electron chi connectivity index (χ4n) is 1.61. The van der Waals surface area contributed by atoms with Crippen LogP contribution in [0.5, 0.6) is 0 Å². The molecule has 0 fully saturated rings. The summed E-state index contributed by atoms with van der Waals surface area (Å²) in [5.41, 5.74) is 1.48. The number of rotatable bonds is 3. The molecular formula is C15H20O2. The zero-order chi connectivity index (χ0) is 13.1. The first-order chi connectivity index (χ1) is 7.85. The Labute approximate surface area is 103 Å². The second kappa shape index (κ2) is 5.17. The van der Waals surface area contributed by atoms with Crippen LogP contribution in [0.1, 0.15) is 44.7 Å². The summed E-state index contributed by atoms with van der Waals surface area (Å²) in [5.74, 6) is -0.477. The van der Waals surface area contributed by atoms with Crippen LogP contribution in [0.15, 0.2) is 30.8 Å². The van der Waals surface area contributed by atoms with E-state index < -0.39 is 5.60 Å². The summed E-state index contributed by atoms with van der Waals surface area (Å²) in [5, 5.41) is 0. The molecule has 1 atom stereocenters. The SMILES string of the molecule is C=Cc1ccccc1C(C)C(=O)OC(C)(C)C. The molecule has 0 N–H and O–H groups in total. The van der Waals surface area contributed by atoms with Crippen LogP contribution in [-0.2, 0) is 9.53 Å². The molecule has 0 bridgehead atoms. The smallest absolute Gasteiger partial charge is 0.313 e. The largest absolute Gasteiger partial charge is 0.460 e. The predicted octanol–water partition coefficient (Wildman–Crippen LogP) is 3.77. The maximum absolute atomic E-state index is 12.0. The maximum atomic E-state index is 12.0. The van der Waals surface area contributed by atoms with Crippen molar-refractivity contribution in [3.63, 3.8) is 0 Å². The molecular weight excluding hydrogens is 212 g/mol. The highest BCUT2D eigenvalue weighted by molar-refractivity contribution is 5.79. The zero-order valence-electron chi connectivity index (χ0n) is 11.0. The standard InChI is InChI=1S/C15H20O2/c1-6-12-9-7-8-10-13(12)11(2)14(16)17-15(3,4)5/h6-11H,1H2,2-5H3. The molecule has 0 heterocycles. The van der Waals surface area contributed by atoms with Crippen LogP contribution in [-0.4, -0.2) is 11.6 Å². The summed E-state index contributed by atoms with van der Waals surface area (Å²) in [7, 11) is 0. The van der Waals surface area contributed by atoms with Gasteiger partial charge in [0.25, 0.3) is 0 Å². The molecule has 92 valence electrons. The summed E-state index contributed by atoms with van der Waals surface area (Å²) in [6, 6.07) is 7.74. The van der Waals surface area contributed by atoms with E-state index in [0.29, 0.717) is 0 Å². The maximum Gasteiger partial charge on any atom is 0.313 e. The van der Waals surface area contributed by atoms with Crippen LogP contribution in [0, 0.1) is 0 Å². The van der Waals surface area contributed by atoms with Crippen molar-refractivity contribution in [1.82, 2.24) is 0 Å². The highest BCUT2D eigenvalue weighted by Crippen LogP contribution is 2.24. The van der Waals surface area contributed by atoms with Crippen LogP contribution in [0.4, 0.5) is 0 Å². The van der Waals surface area contributed by atoms with Crippen LogP contribution >= 0.6 is 0 Å². The average Bonchev–Trinajstić information content (AvgIpc) is 2.25.